The molecule has 16 heavy (non-hydrogen) atoms. The topological polar surface area (TPSA) is 38.0 Å². The summed E-state index contributed by atoms with van der Waals surface area (Å²) in [5.74, 6) is 3.74. The van der Waals surface area contributed by atoms with Gasteiger partial charge in [-0.25, -0.2) is 9.82 Å². The minimum atomic E-state index is -4.72. The molecule has 0 bridgehead atoms. The number of nitrogens with two attached hydrogens (primary N) is 1. The first-order chi connectivity index (χ1) is 7.41. The van der Waals surface area contributed by atoms with Gasteiger partial charge in [-0.15, -0.1) is 6.58 Å². The molecule has 1 unspecified atom stereocenters. The molecule has 1 atom stereocenters. The van der Waals surface area contributed by atoms with E-state index in [1.54, 1.807) is 0 Å². The van der Waals surface area contributed by atoms with Gasteiger partial charge in [0.05, 0.1) is 11.6 Å². The Labute approximate surface area is 89.7 Å². The van der Waals surface area contributed by atoms with E-state index >= 15 is 0 Å². The zero-order valence-electron chi connectivity index (χ0n) is 8.18. The average Bonchev–Trinajstić information content (AvgIpc) is 2.20. The Hall–Kier alpha value is -1.40. The number of halogens is 4. The molecule has 2 nitrogen and oxygen atoms in total. The van der Waals surface area contributed by atoms with Crippen LogP contribution in [-0.4, -0.2) is 0 Å². The SMILES string of the molecule is C=CC(NN)c1cccc(C(F)(F)F)c1F. The van der Waals surface area contributed by atoms with Crippen molar-refractivity contribution < 1.29 is 17.6 Å². The molecule has 0 saturated carbocycles. The quantitative estimate of drug-likeness (QED) is 0.365. The molecule has 3 N–H and O–H groups in total. The summed E-state index contributed by atoms with van der Waals surface area (Å²) in [6.07, 6.45) is -3.50. The summed E-state index contributed by atoms with van der Waals surface area (Å²) in [4.78, 5) is 0. The van der Waals surface area contributed by atoms with Crippen molar-refractivity contribution in [3.8, 4) is 0 Å². The van der Waals surface area contributed by atoms with Gasteiger partial charge in [0.1, 0.15) is 5.82 Å². The predicted octanol–water partition coefficient (Wildman–Crippen LogP) is 2.53. The molecule has 1 aromatic carbocycles. The van der Waals surface area contributed by atoms with Crippen LogP contribution in [0.5, 0.6) is 0 Å². The van der Waals surface area contributed by atoms with Gasteiger partial charge in [-0.2, -0.15) is 13.2 Å². The number of hydrogen-bond acceptors (Lipinski definition) is 2. The van der Waals surface area contributed by atoms with Gasteiger partial charge in [-0.1, -0.05) is 18.2 Å². The van der Waals surface area contributed by atoms with E-state index in [1.807, 2.05) is 0 Å². The lowest BCUT2D eigenvalue weighted by molar-refractivity contribution is -0.140. The normalized spacial score (nSPS) is 13.6. The zero-order valence-corrected chi connectivity index (χ0v) is 8.18. The van der Waals surface area contributed by atoms with Crippen molar-refractivity contribution in [1.29, 1.82) is 0 Å². The Morgan fingerprint density at radius 1 is 1.38 bits per heavy atom. The molecule has 0 radical (unpaired) electrons. The van der Waals surface area contributed by atoms with Gasteiger partial charge in [-0.3, -0.25) is 5.84 Å². The van der Waals surface area contributed by atoms with Gasteiger partial charge < -0.3 is 0 Å². The van der Waals surface area contributed by atoms with Gasteiger partial charge in [0, 0.05) is 5.56 Å². The minimum absolute atomic E-state index is 0.188. The van der Waals surface area contributed by atoms with Crippen molar-refractivity contribution in [2.45, 2.75) is 12.2 Å². The maximum absolute atomic E-state index is 13.5. The number of hydrogen-bond donors (Lipinski definition) is 2. The zero-order chi connectivity index (χ0) is 12.3. The lowest BCUT2D eigenvalue weighted by Crippen LogP contribution is -2.27. The largest absolute Gasteiger partial charge is 0.419 e. The molecule has 0 aliphatic heterocycles. The molecule has 0 aromatic heterocycles. The third-order valence-electron chi connectivity index (χ3n) is 2.08. The second-order valence-corrected chi connectivity index (χ2v) is 3.09. The van der Waals surface area contributed by atoms with E-state index in [-0.39, 0.29) is 5.56 Å². The molecule has 0 heterocycles. The average molecular weight is 234 g/mol. The molecule has 6 heteroatoms. The lowest BCUT2D eigenvalue weighted by Gasteiger charge is -2.15. The van der Waals surface area contributed by atoms with Crippen LogP contribution in [-0.2, 0) is 6.18 Å². The van der Waals surface area contributed by atoms with Gasteiger partial charge in [0.25, 0.3) is 0 Å². The Morgan fingerprint density at radius 3 is 2.44 bits per heavy atom. The Balaban J connectivity index is 3.28. The first-order valence-corrected chi connectivity index (χ1v) is 4.36. The van der Waals surface area contributed by atoms with Gasteiger partial charge in [0.15, 0.2) is 0 Å². The maximum Gasteiger partial charge on any atom is 0.419 e. The molecule has 0 aliphatic carbocycles. The monoisotopic (exact) mass is 234 g/mol. The fourth-order valence-corrected chi connectivity index (χ4v) is 1.29. The van der Waals surface area contributed by atoms with Crippen LogP contribution in [0.25, 0.3) is 0 Å². The summed E-state index contributed by atoms with van der Waals surface area (Å²) in [7, 11) is 0. The maximum atomic E-state index is 13.5. The van der Waals surface area contributed by atoms with Crippen LogP contribution >= 0.6 is 0 Å². The molecule has 88 valence electrons. The first kappa shape index (κ1) is 12.7. The molecule has 0 aliphatic rings. The molecule has 1 rings (SSSR count). The van der Waals surface area contributed by atoms with Crippen LogP contribution in [0.2, 0.25) is 0 Å². The molecule has 0 spiro atoms. The van der Waals surface area contributed by atoms with E-state index in [2.05, 4.69) is 12.0 Å². The highest BCUT2D eigenvalue weighted by atomic mass is 19.4. The first-order valence-electron chi connectivity index (χ1n) is 4.36. The van der Waals surface area contributed by atoms with E-state index in [1.165, 1.54) is 12.1 Å². The number of benzene rings is 1. The minimum Gasteiger partial charge on any atom is -0.271 e. The van der Waals surface area contributed by atoms with Crippen molar-refractivity contribution in [3.05, 3.63) is 47.8 Å². The Kier molecular flexibility index (Phi) is 3.66. The summed E-state index contributed by atoms with van der Waals surface area (Å²) in [6, 6.07) is 2.16. The van der Waals surface area contributed by atoms with Crippen molar-refractivity contribution in [3.63, 3.8) is 0 Å². The number of rotatable bonds is 3. The third kappa shape index (κ3) is 2.40. The summed E-state index contributed by atoms with van der Waals surface area (Å²) >= 11 is 0. The van der Waals surface area contributed by atoms with Gasteiger partial charge in [-0.05, 0) is 6.07 Å². The molecule has 0 fully saturated rings. The summed E-state index contributed by atoms with van der Waals surface area (Å²) < 4.78 is 50.7. The Bertz CT molecular complexity index is 387. The smallest absolute Gasteiger partial charge is 0.271 e. The summed E-state index contributed by atoms with van der Waals surface area (Å²) in [6.45, 7) is 3.35. The van der Waals surface area contributed by atoms with Gasteiger partial charge in [0.2, 0.25) is 0 Å². The molecule has 0 saturated heterocycles. The Morgan fingerprint density at radius 2 is 2.00 bits per heavy atom. The highest BCUT2D eigenvalue weighted by Gasteiger charge is 2.35. The molecular weight excluding hydrogens is 224 g/mol. The summed E-state index contributed by atoms with van der Waals surface area (Å²) in [5.41, 5.74) is 0.662. The fourth-order valence-electron chi connectivity index (χ4n) is 1.29. The third-order valence-corrected chi connectivity index (χ3v) is 2.08. The van der Waals surface area contributed by atoms with Gasteiger partial charge >= 0.3 is 6.18 Å². The number of hydrazine groups is 1. The van der Waals surface area contributed by atoms with Crippen molar-refractivity contribution in [1.82, 2.24) is 5.43 Å². The van der Waals surface area contributed by atoms with Crippen molar-refractivity contribution in [2.24, 2.45) is 5.84 Å². The highest BCUT2D eigenvalue weighted by molar-refractivity contribution is 5.32. The molecule has 1 aromatic rings. The van der Waals surface area contributed by atoms with Crippen LogP contribution in [0.4, 0.5) is 17.6 Å². The van der Waals surface area contributed by atoms with E-state index < -0.39 is 23.6 Å². The van der Waals surface area contributed by atoms with E-state index in [0.717, 1.165) is 6.07 Å². The van der Waals surface area contributed by atoms with E-state index in [9.17, 15) is 17.6 Å². The second-order valence-electron chi connectivity index (χ2n) is 3.09. The fraction of sp³-hybridized carbons (Fsp3) is 0.200. The van der Waals surface area contributed by atoms with E-state index in [0.29, 0.717) is 6.07 Å². The summed E-state index contributed by atoms with van der Waals surface area (Å²) in [5, 5.41) is 0. The lowest BCUT2D eigenvalue weighted by atomic mass is 10.0. The van der Waals surface area contributed by atoms with Crippen LogP contribution in [0, 0.1) is 5.82 Å². The molecule has 0 amide bonds. The van der Waals surface area contributed by atoms with E-state index in [4.69, 9.17) is 5.84 Å². The van der Waals surface area contributed by atoms with Crippen LogP contribution < -0.4 is 11.3 Å². The van der Waals surface area contributed by atoms with Crippen LogP contribution in [0.1, 0.15) is 17.2 Å². The number of alkyl halides is 3. The molecular formula is C10H10F4N2. The highest BCUT2D eigenvalue weighted by Crippen LogP contribution is 2.33. The number of nitrogens with one attached hydrogen (secondary N) is 1. The van der Waals surface area contributed by atoms with Crippen molar-refractivity contribution in [2.75, 3.05) is 0 Å². The van der Waals surface area contributed by atoms with Crippen molar-refractivity contribution >= 4 is 0 Å². The van der Waals surface area contributed by atoms with Crippen LogP contribution in [0.3, 0.4) is 0 Å². The second kappa shape index (κ2) is 4.63. The predicted molar refractivity (Wildman–Crippen MR) is 51.7 cm³/mol. The standard InChI is InChI=1S/C10H10F4N2/c1-2-8(16-15)6-4-3-5-7(9(6)11)10(12,13)14/h2-5,8,16H,1,15H2. The van der Waals surface area contributed by atoms with Crippen LogP contribution in [0.15, 0.2) is 30.9 Å².